The lowest BCUT2D eigenvalue weighted by Gasteiger charge is -2.37. The average molecular weight is 272 g/mol. The number of piperazine rings is 1. The Labute approximate surface area is 116 Å². The van der Waals surface area contributed by atoms with Gasteiger partial charge in [0, 0.05) is 32.7 Å². The maximum atomic E-state index is 12.0. The minimum absolute atomic E-state index is 0.0535. The van der Waals surface area contributed by atoms with Gasteiger partial charge < -0.3 is 14.7 Å². The first-order valence-electron chi connectivity index (χ1n) is 6.93. The van der Waals surface area contributed by atoms with Gasteiger partial charge in [-0.3, -0.25) is 9.69 Å². The Balaban J connectivity index is 2.31. The smallest absolute Gasteiger partial charge is 0.248 e. The van der Waals surface area contributed by atoms with Crippen molar-refractivity contribution in [2.75, 3.05) is 39.3 Å². The predicted octanol–water partition coefficient (Wildman–Crippen LogP) is 0.717. The number of rotatable bonds is 4. The van der Waals surface area contributed by atoms with Gasteiger partial charge in [0.25, 0.3) is 0 Å². The zero-order valence-corrected chi connectivity index (χ0v) is 12.9. The molecule has 0 aromatic heterocycles. The first-order chi connectivity index (χ1) is 8.57. The Morgan fingerprint density at radius 3 is 2.05 bits per heavy atom. The van der Waals surface area contributed by atoms with Gasteiger partial charge in [0.1, 0.15) is 6.61 Å². The van der Waals surface area contributed by atoms with Gasteiger partial charge in [-0.25, -0.2) is 0 Å². The van der Waals surface area contributed by atoms with Gasteiger partial charge in [-0.1, -0.05) is 0 Å². The maximum absolute atomic E-state index is 12.0. The van der Waals surface area contributed by atoms with Gasteiger partial charge >= 0.3 is 0 Å². The van der Waals surface area contributed by atoms with Gasteiger partial charge in [-0.2, -0.15) is 0 Å². The van der Waals surface area contributed by atoms with Crippen LogP contribution in [0.1, 0.15) is 34.6 Å². The van der Waals surface area contributed by atoms with Crippen LogP contribution in [-0.2, 0) is 9.53 Å². The van der Waals surface area contributed by atoms with Crippen LogP contribution in [0.2, 0.25) is 0 Å². The fourth-order valence-electron chi connectivity index (χ4n) is 2.07. The van der Waals surface area contributed by atoms with Crippen molar-refractivity contribution in [1.82, 2.24) is 9.80 Å². The van der Waals surface area contributed by atoms with Gasteiger partial charge in [0.15, 0.2) is 0 Å². The SMILES string of the molecule is CC(C)(O)CN1CCN(C(=O)COC(C)(C)C)CC1. The highest BCUT2D eigenvalue weighted by Crippen LogP contribution is 2.10. The molecule has 19 heavy (non-hydrogen) atoms. The highest BCUT2D eigenvalue weighted by molar-refractivity contribution is 5.77. The number of hydrogen-bond donors (Lipinski definition) is 1. The van der Waals surface area contributed by atoms with E-state index >= 15 is 0 Å². The van der Waals surface area contributed by atoms with Crippen LogP contribution in [0.5, 0.6) is 0 Å². The van der Waals surface area contributed by atoms with Gasteiger partial charge in [0.05, 0.1) is 11.2 Å². The monoisotopic (exact) mass is 272 g/mol. The summed E-state index contributed by atoms with van der Waals surface area (Å²) in [6.07, 6.45) is 0. The molecular weight excluding hydrogens is 244 g/mol. The average Bonchev–Trinajstić information content (AvgIpc) is 2.23. The lowest BCUT2D eigenvalue weighted by Crippen LogP contribution is -2.52. The molecule has 112 valence electrons. The normalized spacial score (nSPS) is 18.7. The third-order valence-corrected chi connectivity index (χ3v) is 2.96. The van der Waals surface area contributed by atoms with Crippen molar-refractivity contribution in [3.8, 4) is 0 Å². The van der Waals surface area contributed by atoms with E-state index in [1.165, 1.54) is 0 Å². The van der Waals surface area contributed by atoms with Gasteiger partial charge in [0.2, 0.25) is 5.91 Å². The number of hydrogen-bond acceptors (Lipinski definition) is 4. The second kappa shape index (κ2) is 6.20. The molecule has 1 heterocycles. The van der Waals surface area contributed by atoms with E-state index in [9.17, 15) is 9.90 Å². The fourth-order valence-corrected chi connectivity index (χ4v) is 2.07. The van der Waals surface area contributed by atoms with Crippen molar-refractivity contribution in [2.24, 2.45) is 0 Å². The third kappa shape index (κ3) is 6.89. The summed E-state index contributed by atoms with van der Waals surface area (Å²) in [5.41, 5.74) is -0.958. The van der Waals surface area contributed by atoms with Crippen LogP contribution in [0.4, 0.5) is 0 Å². The highest BCUT2D eigenvalue weighted by Gasteiger charge is 2.25. The van der Waals surface area contributed by atoms with E-state index in [2.05, 4.69) is 4.90 Å². The van der Waals surface area contributed by atoms with E-state index in [0.717, 1.165) is 13.1 Å². The Kier molecular flexibility index (Phi) is 5.35. The van der Waals surface area contributed by atoms with E-state index < -0.39 is 5.60 Å². The molecule has 5 nitrogen and oxygen atoms in total. The minimum atomic E-state index is -0.679. The molecule has 1 amide bonds. The highest BCUT2D eigenvalue weighted by atomic mass is 16.5. The van der Waals surface area contributed by atoms with Crippen molar-refractivity contribution in [3.05, 3.63) is 0 Å². The van der Waals surface area contributed by atoms with Crippen LogP contribution in [-0.4, -0.2) is 71.3 Å². The van der Waals surface area contributed by atoms with Crippen molar-refractivity contribution in [3.63, 3.8) is 0 Å². The maximum Gasteiger partial charge on any atom is 0.248 e. The van der Waals surface area contributed by atoms with Gasteiger partial charge in [-0.15, -0.1) is 0 Å². The molecule has 1 aliphatic rings. The standard InChI is InChI=1S/C14H28N2O3/c1-13(2,3)19-10-12(17)16-8-6-15(7-9-16)11-14(4,5)18/h18H,6-11H2,1-5H3. The van der Waals surface area contributed by atoms with E-state index in [-0.39, 0.29) is 18.1 Å². The van der Waals surface area contributed by atoms with Crippen molar-refractivity contribution < 1.29 is 14.6 Å². The number of aliphatic hydroxyl groups is 1. The number of amides is 1. The van der Waals surface area contributed by atoms with Crippen LogP contribution in [0, 0.1) is 0 Å². The lowest BCUT2D eigenvalue weighted by atomic mass is 10.1. The molecule has 1 rings (SSSR count). The van der Waals surface area contributed by atoms with Gasteiger partial charge in [-0.05, 0) is 34.6 Å². The Morgan fingerprint density at radius 1 is 1.11 bits per heavy atom. The lowest BCUT2D eigenvalue weighted by molar-refractivity contribution is -0.143. The number of nitrogens with zero attached hydrogens (tertiary/aromatic N) is 2. The summed E-state index contributed by atoms with van der Waals surface area (Å²) in [4.78, 5) is 16.0. The zero-order valence-electron chi connectivity index (χ0n) is 12.9. The molecule has 1 aliphatic heterocycles. The largest absolute Gasteiger partial charge is 0.389 e. The first-order valence-corrected chi connectivity index (χ1v) is 6.93. The van der Waals surface area contributed by atoms with E-state index in [1.807, 2.05) is 39.5 Å². The molecule has 5 heteroatoms. The van der Waals surface area contributed by atoms with Crippen molar-refractivity contribution >= 4 is 5.91 Å². The van der Waals surface area contributed by atoms with Crippen LogP contribution < -0.4 is 0 Å². The molecular formula is C14H28N2O3. The number of β-amino-alcohol motifs (C(OH)–C–C–N with tert-alkyl or cyclic N) is 1. The minimum Gasteiger partial charge on any atom is -0.389 e. The topological polar surface area (TPSA) is 53.0 Å². The van der Waals surface area contributed by atoms with Crippen molar-refractivity contribution in [2.45, 2.75) is 45.8 Å². The summed E-state index contributed by atoms with van der Waals surface area (Å²) < 4.78 is 5.51. The second-order valence-electron chi connectivity index (χ2n) is 6.87. The summed E-state index contributed by atoms with van der Waals surface area (Å²) in [7, 11) is 0. The molecule has 0 saturated carbocycles. The summed E-state index contributed by atoms with van der Waals surface area (Å²) in [6.45, 7) is 13.3. The molecule has 0 atom stereocenters. The number of carbonyl (C=O) groups excluding carboxylic acids is 1. The van der Waals surface area contributed by atoms with E-state index in [4.69, 9.17) is 4.74 Å². The predicted molar refractivity (Wildman–Crippen MR) is 75.0 cm³/mol. The Hall–Kier alpha value is -0.650. The van der Waals surface area contributed by atoms with Crippen LogP contribution in [0.25, 0.3) is 0 Å². The molecule has 0 spiro atoms. The van der Waals surface area contributed by atoms with Crippen LogP contribution in [0.15, 0.2) is 0 Å². The van der Waals surface area contributed by atoms with E-state index in [1.54, 1.807) is 0 Å². The third-order valence-electron chi connectivity index (χ3n) is 2.96. The molecule has 0 aromatic rings. The molecule has 0 bridgehead atoms. The van der Waals surface area contributed by atoms with Crippen LogP contribution >= 0.6 is 0 Å². The summed E-state index contributed by atoms with van der Waals surface area (Å²) in [5, 5.41) is 9.78. The molecule has 0 aliphatic carbocycles. The molecule has 0 aromatic carbocycles. The van der Waals surface area contributed by atoms with E-state index in [0.29, 0.717) is 19.6 Å². The van der Waals surface area contributed by atoms with Crippen LogP contribution in [0.3, 0.4) is 0 Å². The number of carbonyl (C=O) groups is 1. The zero-order chi connectivity index (χ0) is 14.7. The molecule has 1 N–H and O–H groups in total. The fraction of sp³-hybridized carbons (Fsp3) is 0.929. The van der Waals surface area contributed by atoms with Crippen molar-refractivity contribution in [1.29, 1.82) is 0 Å². The Morgan fingerprint density at radius 2 is 1.63 bits per heavy atom. The number of ether oxygens (including phenoxy) is 1. The molecule has 0 unspecified atom stereocenters. The quantitative estimate of drug-likeness (QED) is 0.819. The molecule has 1 saturated heterocycles. The summed E-state index contributed by atoms with van der Waals surface area (Å²) in [5.74, 6) is 0.0535. The molecule has 1 fully saturated rings. The Bertz CT molecular complexity index is 297. The first kappa shape index (κ1) is 16.4. The molecule has 0 radical (unpaired) electrons. The summed E-state index contributed by atoms with van der Waals surface area (Å²) >= 11 is 0. The summed E-state index contributed by atoms with van der Waals surface area (Å²) in [6, 6.07) is 0. The second-order valence-corrected chi connectivity index (χ2v) is 6.87.